The van der Waals surface area contributed by atoms with E-state index in [2.05, 4.69) is 130 Å². The monoisotopic (exact) mass is 653 g/mol. The molecule has 0 aliphatic heterocycles. The Balaban J connectivity index is 1.20. The largest absolute Gasteiger partial charge is 0.456 e. The molecule has 4 heterocycles. The number of fused-ring (bicyclic) bond motifs is 10. The summed E-state index contributed by atoms with van der Waals surface area (Å²) in [6.45, 7) is 0. The Labute approximate surface area is 291 Å². The lowest BCUT2D eigenvalue weighted by atomic mass is 10.1. The van der Waals surface area contributed by atoms with Crippen molar-refractivity contribution in [3.63, 3.8) is 0 Å². The SMILES string of the molecule is c1ccc(-c2nc(-c3ccc4c(c3)c3ccccc3n4-c3ccccc3)nc(-n3c4ccccc4c4c5c(ccc43)oc3ccccc35)n2)cc1. The fourth-order valence-corrected chi connectivity index (χ4v) is 7.77. The van der Waals surface area contributed by atoms with Crippen molar-refractivity contribution >= 4 is 65.6 Å². The molecule has 0 spiro atoms. The number of hydrogen-bond acceptors (Lipinski definition) is 4. The van der Waals surface area contributed by atoms with Crippen LogP contribution in [0.2, 0.25) is 0 Å². The minimum Gasteiger partial charge on any atom is -0.456 e. The molecule has 0 N–H and O–H groups in total. The van der Waals surface area contributed by atoms with E-state index in [1.807, 2.05) is 42.5 Å². The first-order valence-electron chi connectivity index (χ1n) is 17.0. The highest BCUT2D eigenvalue weighted by molar-refractivity contribution is 6.27. The molecular weight excluding hydrogens is 627 g/mol. The second-order valence-electron chi connectivity index (χ2n) is 12.9. The second-order valence-corrected chi connectivity index (χ2v) is 12.9. The Bertz CT molecular complexity index is 3140. The number of nitrogens with zero attached hydrogens (tertiary/aromatic N) is 5. The van der Waals surface area contributed by atoms with Crippen LogP contribution in [0, 0.1) is 0 Å². The minimum absolute atomic E-state index is 0.559. The summed E-state index contributed by atoms with van der Waals surface area (Å²) in [4.78, 5) is 15.6. The Hall–Kier alpha value is -7.05. The quantitative estimate of drug-likeness (QED) is 0.190. The number of hydrogen-bond donors (Lipinski definition) is 0. The summed E-state index contributed by atoms with van der Waals surface area (Å²) < 4.78 is 10.8. The van der Waals surface area contributed by atoms with E-state index in [-0.39, 0.29) is 0 Å². The molecule has 6 nitrogen and oxygen atoms in total. The van der Waals surface area contributed by atoms with Crippen LogP contribution in [0.15, 0.2) is 168 Å². The maximum Gasteiger partial charge on any atom is 0.238 e. The molecule has 11 rings (SSSR count). The number of rotatable bonds is 4. The van der Waals surface area contributed by atoms with Gasteiger partial charge in [-0.25, -0.2) is 4.98 Å². The molecule has 6 heteroatoms. The highest BCUT2D eigenvalue weighted by Crippen LogP contribution is 2.41. The lowest BCUT2D eigenvalue weighted by Crippen LogP contribution is -2.06. The molecule has 238 valence electrons. The smallest absolute Gasteiger partial charge is 0.238 e. The lowest BCUT2D eigenvalue weighted by molar-refractivity contribution is 0.669. The fraction of sp³-hybridized carbons (Fsp3) is 0. The topological polar surface area (TPSA) is 61.7 Å². The average Bonchev–Trinajstić information content (AvgIpc) is 3.86. The van der Waals surface area contributed by atoms with Crippen molar-refractivity contribution in [3.8, 4) is 34.4 Å². The maximum absolute atomic E-state index is 6.32. The summed E-state index contributed by atoms with van der Waals surface area (Å²) in [6, 6.07) is 56.6. The summed E-state index contributed by atoms with van der Waals surface area (Å²) >= 11 is 0. The average molecular weight is 654 g/mol. The number of para-hydroxylation sites is 4. The van der Waals surface area contributed by atoms with Crippen LogP contribution in [0.3, 0.4) is 0 Å². The van der Waals surface area contributed by atoms with Gasteiger partial charge in [-0.05, 0) is 60.7 Å². The Morgan fingerprint density at radius 2 is 0.980 bits per heavy atom. The van der Waals surface area contributed by atoms with Crippen molar-refractivity contribution < 1.29 is 4.42 Å². The summed E-state index contributed by atoms with van der Waals surface area (Å²) in [7, 11) is 0. The van der Waals surface area contributed by atoms with Gasteiger partial charge in [0.15, 0.2) is 11.6 Å². The van der Waals surface area contributed by atoms with Gasteiger partial charge in [-0.3, -0.25) is 4.57 Å². The standard InChI is InChI=1S/C45H27N5O/c1-3-13-28(14-4-1)43-46-44(29-23-24-37-34(27-29)31-17-7-10-20-35(31)49(37)30-15-5-2-6-16-30)48-45(47-43)50-36-21-11-8-18-32(36)41-38(50)25-26-40-42(41)33-19-9-12-22-39(33)51-40/h1-27H. The van der Waals surface area contributed by atoms with Crippen LogP contribution < -0.4 is 0 Å². The highest BCUT2D eigenvalue weighted by atomic mass is 16.3. The van der Waals surface area contributed by atoms with E-state index in [1.165, 1.54) is 5.39 Å². The molecule has 0 aliphatic carbocycles. The molecule has 0 saturated heterocycles. The Kier molecular flexibility index (Phi) is 5.86. The summed E-state index contributed by atoms with van der Waals surface area (Å²) in [5.74, 6) is 1.78. The van der Waals surface area contributed by atoms with E-state index in [1.54, 1.807) is 0 Å². The van der Waals surface area contributed by atoms with Crippen LogP contribution in [0.1, 0.15) is 0 Å². The van der Waals surface area contributed by atoms with Gasteiger partial charge < -0.3 is 8.98 Å². The van der Waals surface area contributed by atoms with E-state index in [0.717, 1.165) is 77.0 Å². The number of furan rings is 1. The van der Waals surface area contributed by atoms with Crippen LogP contribution in [0.25, 0.3) is 100.0 Å². The van der Waals surface area contributed by atoms with Crippen LogP contribution in [0.4, 0.5) is 0 Å². The first-order valence-corrected chi connectivity index (χ1v) is 17.0. The molecule has 7 aromatic carbocycles. The summed E-state index contributed by atoms with van der Waals surface area (Å²) in [6.07, 6.45) is 0. The van der Waals surface area contributed by atoms with E-state index < -0.39 is 0 Å². The van der Waals surface area contributed by atoms with Gasteiger partial charge in [0.25, 0.3) is 0 Å². The molecule has 0 saturated carbocycles. The predicted molar refractivity (Wildman–Crippen MR) is 207 cm³/mol. The van der Waals surface area contributed by atoms with Crippen molar-refractivity contribution in [3.05, 3.63) is 164 Å². The number of benzene rings is 7. The van der Waals surface area contributed by atoms with Crippen LogP contribution in [0.5, 0.6) is 0 Å². The molecule has 11 aromatic rings. The normalized spacial score (nSPS) is 11.9. The van der Waals surface area contributed by atoms with Crippen molar-refractivity contribution in [2.24, 2.45) is 0 Å². The van der Waals surface area contributed by atoms with Gasteiger partial charge in [-0.1, -0.05) is 103 Å². The third-order valence-electron chi connectivity index (χ3n) is 9.98. The third-order valence-corrected chi connectivity index (χ3v) is 9.98. The van der Waals surface area contributed by atoms with Gasteiger partial charge in [-0.2, -0.15) is 9.97 Å². The fourth-order valence-electron chi connectivity index (χ4n) is 7.77. The van der Waals surface area contributed by atoms with Gasteiger partial charge in [0.05, 0.1) is 22.1 Å². The van der Waals surface area contributed by atoms with Gasteiger partial charge in [0.1, 0.15) is 11.2 Å². The molecule has 0 unspecified atom stereocenters. The van der Waals surface area contributed by atoms with Gasteiger partial charge in [-0.15, -0.1) is 0 Å². The molecule has 0 atom stereocenters. The van der Waals surface area contributed by atoms with Crippen molar-refractivity contribution in [1.29, 1.82) is 0 Å². The van der Waals surface area contributed by atoms with Crippen molar-refractivity contribution in [1.82, 2.24) is 24.1 Å². The van der Waals surface area contributed by atoms with Crippen LogP contribution in [-0.2, 0) is 0 Å². The van der Waals surface area contributed by atoms with E-state index in [0.29, 0.717) is 17.6 Å². The second kappa shape index (κ2) is 10.7. The molecule has 0 amide bonds. The zero-order chi connectivity index (χ0) is 33.5. The molecule has 0 fully saturated rings. The summed E-state index contributed by atoms with van der Waals surface area (Å²) in [5, 5.41) is 6.73. The van der Waals surface area contributed by atoms with Gasteiger partial charge in [0, 0.05) is 49.1 Å². The maximum atomic E-state index is 6.32. The Morgan fingerprint density at radius 1 is 0.373 bits per heavy atom. The molecule has 0 radical (unpaired) electrons. The highest BCUT2D eigenvalue weighted by Gasteiger charge is 2.22. The van der Waals surface area contributed by atoms with E-state index >= 15 is 0 Å². The van der Waals surface area contributed by atoms with Crippen LogP contribution in [-0.4, -0.2) is 24.1 Å². The molecule has 51 heavy (non-hydrogen) atoms. The zero-order valence-corrected chi connectivity index (χ0v) is 27.2. The lowest BCUT2D eigenvalue weighted by Gasteiger charge is -2.11. The van der Waals surface area contributed by atoms with Crippen molar-refractivity contribution in [2.75, 3.05) is 0 Å². The van der Waals surface area contributed by atoms with E-state index in [4.69, 9.17) is 19.4 Å². The van der Waals surface area contributed by atoms with Crippen LogP contribution >= 0.6 is 0 Å². The first-order chi connectivity index (χ1) is 25.3. The minimum atomic E-state index is 0.559. The molecular formula is C45H27N5O. The zero-order valence-electron chi connectivity index (χ0n) is 27.2. The predicted octanol–water partition coefficient (Wildman–Crippen LogP) is 11.3. The van der Waals surface area contributed by atoms with Gasteiger partial charge >= 0.3 is 0 Å². The third kappa shape index (κ3) is 4.14. The van der Waals surface area contributed by atoms with E-state index in [9.17, 15) is 0 Å². The first kappa shape index (κ1) is 27.9. The molecule has 0 aliphatic rings. The number of aromatic nitrogens is 5. The molecule has 0 bridgehead atoms. The molecule has 4 aromatic heterocycles. The van der Waals surface area contributed by atoms with Gasteiger partial charge in [0.2, 0.25) is 5.95 Å². The Morgan fingerprint density at radius 3 is 1.78 bits per heavy atom. The van der Waals surface area contributed by atoms with Crippen molar-refractivity contribution in [2.45, 2.75) is 0 Å². The summed E-state index contributed by atoms with van der Waals surface area (Å²) in [5.41, 5.74) is 9.00.